The van der Waals surface area contributed by atoms with E-state index in [-0.39, 0.29) is 18.1 Å². The number of benzene rings is 3. The number of rotatable bonds is 8. The quantitative estimate of drug-likeness (QED) is 0.288. The van der Waals surface area contributed by atoms with Gasteiger partial charge in [0.15, 0.2) is 6.61 Å². The van der Waals surface area contributed by atoms with Gasteiger partial charge < -0.3 is 20.1 Å². The van der Waals surface area contributed by atoms with Crippen LogP contribution in [0.2, 0.25) is 0 Å². The normalized spacial score (nSPS) is 10.8. The van der Waals surface area contributed by atoms with Crippen LogP contribution in [-0.2, 0) is 9.59 Å². The molecule has 0 spiro atoms. The van der Waals surface area contributed by atoms with Crippen molar-refractivity contribution in [3.05, 3.63) is 87.4 Å². The minimum absolute atomic E-state index is 0.0376. The monoisotopic (exact) mass is 533 g/mol. The highest BCUT2D eigenvalue weighted by Gasteiger charge is 2.12. The smallest absolute Gasteiger partial charge is 0.266 e. The van der Waals surface area contributed by atoms with Gasteiger partial charge in [-0.2, -0.15) is 5.26 Å². The van der Waals surface area contributed by atoms with Gasteiger partial charge in [-0.25, -0.2) is 0 Å². The van der Waals surface area contributed by atoms with Crippen LogP contribution in [-0.4, -0.2) is 25.5 Å². The molecule has 8 heteroatoms. The molecule has 0 saturated carbocycles. The molecule has 0 heterocycles. The highest BCUT2D eigenvalue weighted by atomic mass is 79.9. The van der Waals surface area contributed by atoms with Gasteiger partial charge >= 0.3 is 0 Å². The molecule has 0 atom stereocenters. The average molecular weight is 534 g/mol. The van der Waals surface area contributed by atoms with Crippen molar-refractivity contribution in [2.24, 2.45) is 0 Å². The van der Waals surface area contributed by atoms with Crippen LogP contribution in [0.25, 0.3) is 6.08 Å². The van der Waals surface area contributed by atoms with E-state index >= 15 is 0 Å². The van der Waals surface area contributed by atoms with E-state index in [9.17, 15) is 14.9 Å². The molecule has 35 heavy (non-hydrogen) atoms. The largest absolute Gasteiger partial charge is 0.497 e. The number of nitrogens with zero attached hydrogens (tertiary/aromatic N) is 1. The predicted octanol–water partition coefficient (Wildman–Crippen LogP) is 5.64. The maximum atomic E-state index is 12.6. The van der Waals surface area contributed by atoms with E-state index in [1.807, 2.05) is 38.1 Å². The van der Waals surface area contributed by atoms with Crippen molar-refractivity contribution < 1.29 is 19.1 Å². The number of hydrogen-bond acceptors (Lipinski definition) is 5. The van der Waals surface area contributed by atoms with Crippen molar-refractivity contribution in [3.63, 3.8) is 0 Å². The van der Waals surface area contributed by atoms with E-state index in [0.29, 0.717) is 32.9 Å². The van der Waals surface area contributed by atoms with Crippen LogP contribution in [0.1, 0.15) is 16.7 Å². The minimum Gasteiger partial charge on any atom is -0.497 e. The third-order valence-corrected chi connectivity index (χ3v) is 5.61. The van der Waals surface area contributed by atoms with Gasteiger partial charge in [-0.3, -0.25) is 9.59 Å². The molecular weight excluding hydrogens is 510 g/mol. The fourth-order valence-electron chi connectivity index (χ4n) is 3.20. The fourth-order valence-corrected chi connectivity index (χ4v) is 3.71. The third kappa shape index (κ3) is 7.19. The molecule has 178 valence electrons. The Morgan fingerprint density at radius 1 is 1.03 bits per heavy atom. The van der Waals surface area contributed by atoms with E-state index in [2.05, 4.69) is 26.6 Å². The lowest BCUT2D eigenvalue weighted by Crippen LogP contribution is -2.20. The molecular formula is C27H24BrN3O4. The maximum Gasteiger partial charge on any atom is 0.266 e. The Morgan fingerprint density at radius 3 is 2.40 bits per heavy atom. The van der Waals surface area contributed by atoms with E-state index in [1.165, 1.54) is 6.08 Å². The molecule has 0 radical (unpaired) electrons. The number of aryl methyl sites for hydroxylation is 2. The molecule has 3 aromatic carbocycles. The van der Waals surface area contributed by atoms with Crippen LogP contribution in [0.5, 0.6) is 11.5 Å². The maximum absolute atomic E-state index is 12.6. The summed E-state index contributed by atoms with van der Waals surface area (Å²) in [4.78, 5) is 24.8. The Kier molecular flexibility index (Phi) is 8.65. The average Bonchev–Trinajstić information content (AvgIpc) is 2.84. The van der Waals surface area contributed by atoms with Crippen LogP contribution in [0, 0.1) is 25.2 Å². The van der Waals surface area contributed by atoms with E-state index < -0.39 is 5.91 Å². The van der Waals surface area contributed by atoms with Gasteiger partial charge in [0, 0.05) is 11.4 Å². The molecule has 0 aliphatic carbocycles. The molecule has 0 unspecified atom stereocenters. The lowest BCUT2D eigenvalue weighted by atomic mass is 10.1. The van der Waals surface area contributed by atoms with Gasteiger partial charge in [0.2, 0.25) is 0 Å². The van der Waals surface area contributed by atoms with Crippen molar-refractivity contribution in [2.45, 2.75) is 13.8 Å². The standard InChI is InChI=1S/C27H24BrN3O4/c1-17-4-10-24(18(2)12-17)31-27(33)20(15-29)13-19-5-11-25(23(28)14-19)35-16-26(32)30-21-6-8-22(34-3)9-7-21/h4-14H,16H2,1-3H3,(H,30,32)(H,31,33)/b20-13+. The van der Waals surface area contributed by atoms with Crippen LogP contribution in [0.3, 0.4) is 0 Å². The van der Waals surface area contributed by atoms with E-state index in [1.54, 1.807) is 49.6 Å². The molecule has 0 aliphatic heterocycles. The number of ether oxygens (including phenoxy) is 2. The molecule has 0 aromatic heterocycles. The van der Waals surface area contributed by atoms with Crippen LogP contribution >= 0.6 is 15.9 Å². The first-order valence-corrected chi connectivity index (χ1v) is 11.4. The van der Waals surface area contributed by atoms with E-state index in [4.69, 9.17) is 9.47 Å². The van der Waals surface area contributed by atoms with Gasteiger partial charge in [-0.05, 0) is 89.4 Å². The number of methoxy groups -OCH3 is 1. The lowest BCUT2D eigenvalue weighted by Gasteiger charge is -2.10. The van der Waals surface area contributed by atoms with Gasteiger partial charge in [-0.1, -0.05) is 23.8 Å². The summed E-state index contributed by atoms with van der Waals surface area (Å²) in [6, 6.07) is 19.6. The first-order chi connectivity index (χ1) is 16.8. The Morgan fingerprint density at radius 2 is 1.77 bits per heavy atom. The molecule has 0 bridgehead atoms. The van der Waals surface area contributed by atoms with Gasteiger partial charge in [0.1, 0.15) is 23.1 Å². The number of carbonyl (C=O) groups excluding carboxylic acids is 2. The Balaban J connectivity index is 1.62. The zero-order valence-corrected chi connectivity index (χ0v) is 21.1. The number of nitrogens with one attached hydrogen (secondary N) is 2. The molecule has 3 aromatic rings. The van der Waals surface area contributed by atoms with Crippen molar-refractivity contribution in [1.82, 2.24) is 0 Å². The second-order valence-corrected chi connectivity index (χ2v) is 8.55. The molecule has 2 N–H and O–H groups in total. The highest BCUT2D eigenvalue weighted by molar-refractivity contribution is 9.10. The zero-order chi connectivity index (χ0) is 25.4. The Hall–Kier alpha value is -4.09. The Bertz CT molecular complexity index is 1310. The summed E-state index contributed by atoms with van der Waals surface area (Å²) in [5, 5.41) is 15.0. The summed E-state index contributed by atoms with van der Waals surface area (Å²) in [6.45, 7) is 3.67. The number of anilines is 2. The minimum atomic E-state index is -0.494. The topological polar surface area (TPSA) is 100 Å². The number of carbonyl (C=O) groups is 2. The summed E-state index contributed by atoms with van der Waals surface area (Å²) >= 11 is 3.42. The first-order valence-electron chi connectivity index (χ1n) is 10.7. The van der Waals surface area contributed by atoms with Crippen LogP contribution in [0.15, 0.2) is 70.7 Å². The van der Waals surface area contributed by atoms with Gasteiger partial charge in [-0.15, -0.1) is 0 Å². The molecule has 3 rings (SSSR count). The summed E-state index contributed by atoms with van der Waals surface area (Å²) in [5.41, 5.74) is 3.86. The summed E-state index contributed by atoms with van der Waals surface area (Å²) in [7, 11) is 1.57. The second kappa shape index (κ2) is 11.9. The second-order valence-electron chi connectivity index (χ2n) is 7.70. The molecule has 2 amide bonds. The number of halogens is 1. The van der Waals surface area contributed by atoms with Gasteiger partial charge in [0.25, 0.3) is 11.8 Å². The fraction of sp³-hybridized carbons (Fsp3) is 0.148. The number of nitriles is 1. The lowest BCUT2D eigenvalue weighted by molar-refractivity contribution is -0.118. The molecule has 0 fully saturated rings. The predicted molar refractivity (Wildman–Crippen MR) is 139 cm³/mol. The highest BCUT2D eigenvalue weighted by Crippen LogP contribution is 2.27. The third-order valence-electron chi connectivity index (χ3n) is 4.99. The summed E-state index contributed by atoms with van der Waals surface area (Å²) < 4.78 is 11.3. The Labute approximate surface area is 212 Å². The van der Waals surface area contributed by atoms with Crippen LogP contribution in [0.4, 0.5) is 11.4 Å². The van der Waals surface area contributed by atoms with Gasteiger partial charge in [0.05, 0.1) is 11.6 Å². The molecule has 0 saturated heterocycles. The van der Waals surface area contributed by atoms with E-state index in [0.717, 1.165) is 11.1 Å². The molecule has 0 aliphatic rings. The summed E-state index contributed by atoms with van der Waals surface area (Å²) in [6.07, 6.45) is 1.49. The molecule has 7 nitrogen and oxygen atoms in total. The van der Waals surface area contributed by atoms with Crippen molar-refractivity contribution in [3.8, 4) is 17.6 Å². The van der Waals surface area contributed by atoms with Crippen molar-refractivity contribution in [2.75, 3.05) is 24.4 Å². The number of hydrogen-bond donors (Lipinski definition) is 2. The zero-order valence-electron chi connectivity index (χ0n) is 19.5. The number of amides is 2. The summed E-state index contributed by atoms with van der Waals surface area (Å²) in [5.74, 6) is 0.330. The first kappa shape index (κ1) is 25.5. The van der Waals surface area contributed by atoms with Crippen molar-refractivity contribution in [1.29, 1.82) is 5.26 Å². The SMILES string of the molecule is COc1ccc(NC(=O)COc2ccc(/C=C(\C#N)C(=O)Nc3ccc(C)cc3C)cc2Br)cc1. The van der Waals surface area contributed by atoms with Crippen LogP contribution < -0.4 is 20.1 Å². The van der Waals surface area contributed by atoms with Crippen molar-refractivity contribution >= 4 is 45.2 Å².